The first kappa shape index (κ1) is 26.0. The maximum absolute atomic E-state index is 4.58. The van der Waals surface area contributed by atoms with Gasteiger partial charge in [-0.05, 0) is 97.0 Å². The van der Waals surface area contributed by atoms with Crippen molar-refractivity contribution in [2.75, 3.05) is 0 Å². The smallest absolute Gasteiger partial charge is 0.0701 e. The summed E-state index contributed by atoms with van der Waals surface area (Å²) in [5, 5.41) is 10.3. The maximum Gasteiger partial charge on any atom is 0.0701 e. The van der Waals surface area contributed by atoms with Crippen LogP contribution in [0, 0.1) is 0 Å². The lowest BCUT2D eigenvalue weighted by molar-refractivity contribution is 1.18. The van der Waals surface area contributed by atoms with Crippen molar-refractivity contribution in [1.82, 2.24) is 9.55 Å². The van der Waals surface area contributed by atoms with Gasteiger partial charge in [0.2, 0.25) is 0 Å². The molecular formula is C45H28N2. The Morgan fingerprint density at radius 2 is 1.00 bits per heavy atom. The second-order valence-electron chi connectivity index (χ2n) is 12.4. The molecule has 0 amide bonds. The zero-order chi connectivity index (χ0) is 30.9. The summed E-state index contributed by atoms with van der Waals surface area (Å²) in [5.74, 6) is 0. The maximum atomic E-state index is 4.58. The van der Waals surface area contributed by atoms with Gasteiger partial charge in [0.15, 0.2) is 0 Å². The highest BCUT2D eigenvalue weighted by molar-refractivity contribution is 6.28. The molecule has 8 aromatic carbocycles. The van der Waals surface area contributed by atoms with Crippen LogP contribution in [0.5, 0.6) is 0 Å². The van der Waals surface area contributed by atoms with Crippen molar-refractivity contribution in [3.63, 3.8) is 0 Å². The summed E-state index contributed by atoms with van der Waals surface area (Å²) in [6.07, 6.45) is 1.85. The first-order chi connectivity index (χ1) is 23.3. The van der Waals surface area contributed by atoms with Gasteiger partial charge < -0.3 is 4.57 Å². The van der Waals surface area contributed by atoms with Crippen LogP contribution in [0.4, 0.5) is 0 Å². The average molecular weight is 597 g/mol. The van der Waals surface area contributed by atoms with E-state index in [2.05, 4.69) is 161 Å². The number of pyridine rings is 1. The monoisotopic (exact) mass is 596 g/mol. The van der Waals surface area contributed by atoms with E-state index < -0.39 is 0 Å². The Morgan fingerprint density at radius 1 is 0.383 bits per heavy atom. The molecule has 218 valence electrons. The Kier molecular flexibility index (Phi) is 5.61. The molecule has 0 aliphatic carbocycles. The van der Waals surface area contributed by atoms with Gasteiger partial charge in [0.1, 0.15) is 0 Å². The fourth-order valence-electron chi connectivity index (χ4n) is 7.68. The summed E-state index contributed by atoms with van der Waals surface area (Å²) in [6.45, 7) is 0. The summed E-state index contributed by atoms with van der Waals surface area (Å²) < 4.78 is 2.40. The van der Waals surface area contributed by atoms with Crippen LogP contribution in [-0.2, 0) is 0 Å². The van der Waals surface area contributed by atoms with E-state index in [-0.39, 0.29) is 0 Å². The van der Waals surface area contributed by atoms with Gasteiger partial charge in [-0.15, -0.1) is 0 Å². The van der Waals surface area contributed by atoms with Crippen LogP contribution in [0.3, 0.4) is 0 Å². The molecule has 0 fully saturated rings. The number of benzene rings is 8. The Bertz CT molecular complexity index is 2700. The lowest BCUT2D eigenvalue weighted by Crippen LogP contribution is -1.95. The van der Waals surface area contributed by atoms with Gasteiger partial charge >= 0.3 is 0 Å². The molecule has 0 atom stereocenters. The summed E-state index contributed by atoms with van der Waals surface area (Å²) in [6, 6.07) is 59.6. The van der Waals surface area contributed by atoms with Crippen LogP contribution in [-0.4, -0.2) is 9.55 Å². The predicted molar refractivity (Wildman–Crippen MR) is 199 cm³/mol. The fourth-order valence-corrected chi connectivity index (χ4v) is 7.68. The Hall–Kier alpha value is -6.25. The minimum Gasteiger partial charge on any atom is -0.309 e. The quantitative estimate of drug-likeness (QED) is 0.185. The minimum absolute atomic E-state index is 0.983. The molecule has 2 nitrogen and oxygen atoms in total. The van der Waals surface area contributed by atoms with E-state index in [0.29, 0.717) is 0 Å². The molecule has 0 aliphatic heterocycles. The molecule has 10 aromatic rings. The van der Waals surface area contributed by atoms with Gasteiger partial charge in [0.05, 0.1) is 16.7 Å². The van der Waals surface area contributed by atoms with E-state index in [0.717, 1.165) is 16.9 Å². The molecule has 0 aliphatic rings. The molecule has 2 heteroatoms. The number of nitrogens with zero attached hydrogens (tertiary/aromatic N) is 2. The summed E-state index contributed by atoms with van der Waals surface area (Å²) >= 11 is 0. The number of para-hydroxylation sites is 2. The van der Waals surface area contributed by atoms with Crippen LogP contribution in [0.2, 0.25) is 0 Å². The van der Waals surface area contributed by atoms with Crippen LogP contribution in [0.1, 0.15) is 0 Å². The minimum atomic E-state index is 0.983. The SMILES string of the molecule is c1ccc(-c2ccc(-c3cc(-c4cccc(-n5c6ccccc6c6ccccc65)c4)c4ccc5cccc6ccc3c4c65)cc2)nc1. The van der Waals surface area contributed by atoms with E-state index in [9.17, 15) is 0 Å². The van der Waals surface area contributed by atoms with Crippen molar-refractivity contribution >= 4 is 54.1 Å². The van der Waals surface area contributed by atoms with E-state index in [1.54, 1.807) is 0 Å². The largest absolute Gasteiger partial charge is 0.309 e. The van der Waals surface area contributed by atoms with Gasteiger partial charge in [-0.25, -0.2) is 0 Å². The second-order valence-corrected chi connectivity index (χ2v) is 12.4. The zero-order valence-corrected chi connectivity index (χ0v) is 25.6. The third kappa shape index (κ3) is 3.95. The topological polar surface area (TPSA) is 17.8 Å². The average Bonchev–Trinajstić information content (AvgIpc) is 3.49. The van der Waals surface area contributed by atoms with Gasteiger partial charge in [-0.2, -0.15) is 0 Å². The van der Waals surface area contributed by atoms with Crippen LogP contribution in [0.25, 0.3) is 93.3 Å². The molecule has 2 heterocycles. The van der Waals surface area contributed by atoms with Crippen molar-refractivity contribution in [3.05, 3.63) is 170 Å². The van der Waals surface area contributed by atoms with Crippen molar-refractivity contribution in [1.29, 1.82) is 0 Å². The third-order valence-electron chi connectivity index (χ3n) is 9.80. The number of aromatic nitrogens is 2. The molecule has 0 saturated carbocycles. The number of hydrogen-bond donors (Lipinski definition) is 0. The predicted octanol–water partition coefficient (Wildman–Crippen LogP) is 12.1. The summed E-state index contributed by atoms with van der Waals surface area (Å²) in [7, 11) is 0. The number of hydrogen-bond acceptors (Lipinski definition) is 1. The van der Waals surface area contributed by atoms with Gasteiger partial charge in [-0.1, -0.05) is 121 Å². The lowest BCUT2D eigenvalue weighted by atomic mass is 9.85. The standard InChI is InChI=1S/C45H28N2/c1-3-16-42-35(13-1)36-14-2-4-17-43(36)47(42)34-12-8-11-33(27-34)40-28-39(29-18-20-30(21-19-29)41-15-5-6-26-46-41)37-24-22-31-9-7-10-32-23-25-38(40)45(37)44(31)32/h1-28H. The highest BCUT2D eigenvalue weighted by Gasteiger charge is 2.18. The second kappa shape index (κ2) is 10.1. The Morgan fingerprint density at radius 3 is 1.68 bits per heavy atom. The zero-order valence-electron chi connectivity index (χ0n) is 25.6. The third-order valence-corrected chi connectivity index (χ3v) is 9.80. The normalized spacial score (nSPS) is 11.8. The Labute approximate surface area is 272 Å². The molecular weight excluding hydrogens is 569 g/mol. The van der Waals surface area contributed by atoms with E-state index in [1.807, 2.05) is 18.3 Å². The number of rotatable bonds is 4. The van der Waals surface area contributed by atoms with Crippen molar-refractivity contribution in [2.45, 2.75) is 0 Å². The lowest BCUT2D eigenvalue weighted by Gasteiger charge is -2.19. The Balaban J connectivity index is 1.24. The van der Waals surface area contributed by atoms with Crippen LogP contribution < -0.4 is 0 Å². The van der Waals surface area contributed by atoms with Gasteiger partial charge in [0.25, 0.3) is 0 Å². The van der Waals surface area contributed by atoms with Gasteiger partial charge in [0, 0.05) is 28.2 Å². The first-order valence-corrected chi connectivity index (χ1v) is 16.1. The molecule has 47 heavy (non-hydrogen) atoms. The highest BCUT2D eigenvalue weighted by atomic mass is 15.0. The summed E-state index contributed by atoms with van der Waals surface area (Å²) in [5.41, 5.74) is 10.6. The molecule has 10 rings (SSSR count). The molecule has 0 N–H and O–H groups in total. The molecule has 0 unspecified atom stereocenters. The van der Waals surface area contributed by atoms with E-state index in [4.69, 9.17) is 0 Å². The van der Waals surface area contributed by atoms with Gasteiger partial charge in [-0.3, -0.25) is 4.98 Å². The van der Waals surface area contributed by atoms with Crippen LogP contribution >= 0.6 is 0 Å². The molecule has 2 aromatic heterocycles. The van der Waals surface area contributed by atoms with Crippen molar-refractivity contribution in [3.8, 4) is 39.2 Å². The van der Waals surface area contributed by atoms with Crippen molar-refractivity contribution < 1.29 is 0 Å². The molecule has 0 bridgehead atoms. The summed E-state index contributed by atoms with van der Waals surface area (Å²) in [4.78, 5) is 4.58. The number of fused-ring (bicyclic) bond motifs is 3. The first-order valence-electron chi connectivity index (χ1n) is 16.1. The van der Waals surface area contributed by atoms with Crippen LogP contribution in [0.15, 0.2) is 170 Å². The van der Waals surface area contributed by atoms with E-state index >= 15 is 0 Å². The molecule has 0 radical (unpaired) electrons. The fraction of sp³-hybridized carbons (Fsp3) is 0. The van der Waals surface area contributed by atoms with E-state index in [1.165, 1.54) is 76.4 Å². The highest BCUT2D eigenvalue weighted by Crippen LogP contribution is 2.44. The molecule has 0 spiro atoms. The van der Waals surface area contributed by atoms with Crippen molar-refractivity contribution in [2.24, 2.45) is 0 Å². The molecule has 0 saturated heterocycles.